The highest BCUT2D eigenvalue weighted by atomic mass is 32.2. The second-order valence-electron chi connectivity index (χ2n) is 5.31. The van der Waals surface area contributed by atoms with Gasteiger partial charge in [-0.25, -0.2) is 8.42 Å². The first-order valence-corrected chi connectivity index (χ1v) is 9.11. The molecule has 1 aromatic rings. The minimum Gasteiger partial charge on any atom is -0.313 e. The van der Waals surface area contributed by atoms with Crippen LogP contribution < -0.4 is 5.32 Å². The van der Waals surface area contributed by atoms with Crippen LogP contribution in [-0.2, 0) is 10.0 Å². The van der Waals surface area contributed by atoms with Crippen molar-refractivity contribution in [3.05, 3.63) is 29.8 Å². The molecule has 1 atom stereocenters. The molecule has 120 valence electrons. The number of nitrogens with zero attached hydrogens (tertiary/aromatic N) is 1. The Morgan fingerprint density at radius 3 is 2.24 bits per heavy atom. The number of rotatable bonds is 8. The van der Waals surface area contributed by atoms with E-state index in [1.54, 1.807) is 19.2 Å². The van der Waals surface area contributed by atoms with E-state index >= 15 is 0 Å². The molecule has 0 saturated heterocycles. The molecule has 21 heavy (non-hydrogen) atoms. The van der Waals surface area contributed by atoms with Gasteiger partial charge in [0.2, 0.25) is 10.0 Å². The average molecular weight is 312 g/mol. The van der Waals surface area contributed by atoms with E-state index in [-0.39, 0.29) is 12.1 Å². The first kappa shape index (κ1) is 18.1. The zero-order chi connectivity index (χ0) is 16.0. The van der Waals surface area contributed by atoms with E-state index in [0.717, 1.165) is 24.8 Å². The molecule has 5 heteroatoms. The third-order valence-electron chi connectivity index (χ3n) is 4.15. The summed E-state index contributed by atoms with van der Waals surface area (Å²) in [5, 5.41) is 3.21. The lowest BCUT2D eigenvalue weighted by atomic mass is 10.1. The summed E-state index contributed by atoms with van der Waals surface area (Å²) in [5.74, 6) is 0. The predicted octanol–water partition coefficient (Wildman–Crippen LogP) is 3.17. The molecule has 0 spiro atoms. The van der Waals surface area contributed by atoms with Crippen molar-refractivity contribution in [2.75, 3.05) is 14.1 Å². The molecule has 1 unspecified atom stereocenters. The van der Waals surface area contributed by atoms with Gasteiger partial charge in [0.05, 0.1) is 4.90 Å². The maximum absolute atomic E-state index is 12.7. The van der Waals surface area contributed by atoms with Crippen LogP contribution in [0.5, 0.6) is 0 Å². The maximum atomic E-state index is 12.7. The summed E-state index contributed by atoms with van der Waals surface area (Å²) >= 11 is 0. The van der Waals surface area contributed by atoms with E-state index in [2.05, 4.69) is 12.2 Å². The predicted molar refractivity (Wildman–Crippen MR) is 87.9 cm³/mol. The Labute approximate surface area is 129 Å². The summed E-state index contributed by atoms with van der Waals surface area (Å²) < 4.78 is 27.0. The van der Waals surface area contributed by atoms with Crippen LogP contribution in [0.25, 0.3) is 0 Å². The molecular formula is C16H28N2O2S. The molecule has 0 heterocycles. The zero-order valence-electron chi connectivity index (χ0n) is 13.8. The van der Waals surface area contributed by atoms with Crippen molar-refractivity contribution in [1.82, 2.24) is 9.62 Å². The smallest absolute Gasteiger partial charge is 0.243 e. The van der Waals surface area contributed by atoms with Gasteiger partial charge >= 0.3 is 0 Å². The van der Waals surface area contributed by atoms with E-state index in [9.17, 15) is 8.42 Å². The first-order chi connectivity index (χ1) is 9.92. The second-order valence-corrected chi connectivity index (χ2v) is 7.31. The molecule has 1 aromatic carbocycles. The average Bonchev–Trinajstić information content (AvgIpc) is 2.50. The Bertz CT molecular complexity index is 535. The van der Waals surface area contributed by atoms with Gasteiger partial charge in [-0.05, 0) is 44.0 Å². The third kappa shape index (κ3) is 4.05. The SMILES string of the molecule is CCC(NC)c1cccc(S(=O)(=O)N(C)C(CC)CC)c1. The van der Waals surface area contributed by atoms with Gasteiger partial charge < -0.3 is 5.32 Å². The van der Waals surface area contributed by atoms with Crippen LogP contribution in [0.15, 0.2) is 29.2 Å². The zero-order valence-corrected chi connectivity index (χ0v) is 14.6. The number of hydrogen-bond donors (Lipinski definition) is 1. The van der Waals surface area contributed by atoms with Crippen LogP contribution in [-0.4, -0.2) is 32.9 Å². The van der Waals surface area contributed by atoms with E-state index < -0.39 is 10.0 Å². The fourth-order valence-corrected chi connectivity index (χ4v) is 4.22. The van der Waals surface area contributed by atoms with Crippen LogP contribution in [0.4, 0.5) is 0 Å². The van der Waals surface area contributed by atoms with E-state index in [1.165, 1.54) is 4.31 Å². The highest BCUT2D eigenvalue weighted by Crippen LogP contribution is 2.23. The van der Waals surface area contributed by atoms with Crippen LogP contribution in [0.2, 0.25) is 0 Å². The van der Waals surface area contributed by atoms with E-state index in [4.69, 9.17) is 0 Å². The number of benzene rings is 1. The highest BCUT2D eigenvalue weighted by molar-refractivity contribution is 7.89. The van der Waals surface area contributed by atoms with Gasteiger partial charge in [-0.3, -0.25) is 0 Å². The molecule has 0 aliphatic heterocycles. The lowest BCUT2D eigenvalue weighted by molar-refractivity contribution is 0.349. The van der Waals surface area contributed by atoms with E-state index in [1.807, 2.05) is 33.0 Å². The van der Waals surface area contributed by atoms with Gasteiger partial charge in [0.1, 0.15) is 0 Å². The second kappa shape index (κ2) is 7.92. The summed E-state index contributed by atoms with van der Waals surface area (Å²) in [4.78, 5) is 0.378. The third-order valence-corrected chi connectivity index (χ3v) is 6.06. The molecule has 0 radical (unpaired) electrons. The molecule has 0 fully saturated rings. The quantitative estimate of drug-likeness (QED) is 0.802. The van der Waals surface area contributed by atoms with Crippen molar-refractivity contribution < 1.29 is 8.42 Å². The Morgan fingerprint density at radius 2 is 1.76 bits per heavy atom. The fourth-order valence-electron chi connectivity index (χ4n) is 2.66. The topological polar surface area (TPSA) is 49.4 Å². The minimum absolute atomic E-state index is 0.0462. The Kier molecular flexibility index (Phi) is 6.84. The number of nitrogens with one attached hydrogen (secondary N) is 1. The highest BCUT2D eigenvalue weighted by Gasteiger charge is 2.26. The summed E-state index contributed by atoms with van der Waals surface area (Å²) in [6.07, 6.45) is 2.56. The lowest BCUT2D eigenvalue weighted by Crippen LogP contribution is -2.36. The molecule has 1 rings (SSSR count). The lowest BCUT2D eigenvalue weighted by Gasteiger charge is -2.26. The van der Waals surface area contributed by atoms with Gasteiger partial charge in [-0.1, -0.05) is 32.9 Å². The summed E-state index contributed by atoms with van der Waals surface area (Å²) in [5.41, 5.74) is 1.01. The maximum Gasteiger partial charge on any atom is 0.243 e. The standard InChI is InChI=1S/C16H28N2O2S/c1-6-14(7-2)18(5)21(19,20)15-11-9-10-13(12-15)16(8-3)17-4/h9-12,14,16-17H,6-8H2,1-5H3. The monoisotopic (exact) mass is 312 g/mol. The largest absolute Gasteiger partial charge is 0.313 e. The summed E-state index contributed by atoms with van der Waals surface area (Å²) in [6, 6.07) is 7.49. The Balaban J connectivity index is 3.17. The van der Waals surface area contributed by atoms with Gasteiger partial charge in [-0.15, -0.1) is 0 Å². The number of sulfonamides is 1. The Morgan fingerprint density at radius 1 is 1.14 bits per heavy atom. The van der Waals surface area contributed by atoms with Gasteiger partial charge in [0.25, 0.3) is 0 Å². The molecule has 0 saturated carbocycles. The van der Waals surface area contributed by atoms with Crippen molar-refractivity contribution in [3.8, 4) is 0 Å². The van der Waals surface area contributed by atoms with Crippen LogP contribution >= 0.6 is 0 Å². The van der Waals surface area contributed by atoms with Crippen molar-refractivity contribution in [2.45, 2.75) is 57.0 Å². The van der Waals surface area contributed by atoms with Crippen LogP contribution in [0, 0.1) is 0 Å². The van der Waals surface area contributed by atoms with Gasteiger partial charge in [0.15, 0.2) is 0 Å². The molecule has 0 aliphatic rings. The Hall–Kier alpha value is -0.910. The first-order valence-electron chi connectivity index (χ1n) is 7.67. The van der Waals surface area contributed by atoms with Gasteiger partial charge in [-0.2, -0.15) is 4.31 Å². The van der Waals surface area contributed by atoms with Crippen LogP contribution in [0.3, 0.4) is 0 Å². The van der Waals surface area contributed by atoms with Crippen molar-refractivity contribution >= 4 is 10.0 Å². The molecule has 4 nitrogen and oxygen atoms in total. The van der Waals surface area contributed by atoms with Crippen LogP contribution in [0.1, 0.15) is 51.6 Å². The molecule has 0 bridgehead atoms. The number of hydrogen-bond acceptors (Lipinski definition) is 3. The fraction of sp³-hybridized carbons (Fsp3) is 0.625. The molecule has 0 aromatic heterocycles. The van der Waals surface area contributed by atoms with E-state index in [0.29, 0.717) is 4.90 Å². The minimum atomic E-state index is -3.43. The van der Waals surface area contributed by atoms with Crippen molar-refractivity contribution in [3.63, 3.8) is 0 Å². The van der Waals surface area contributed by atoms with Crippen molar-refractivity contribution in [2.24, 2.45) is 0 Å². The normalized spacial score (nSPS) is 13.9. The summed E-state index contributed by atoms with van der Waals surface area (Å²) in [6.45, 7) is 6.12. The van der Waals surface area contributed by atoms with Crippen molar-refractivity contribution in [1.29, 1.82) is 0 Å². The molecule has 0 aliphatic carbocycles. The molecular weight excluding hydrogens is 284 g/mol. The molecule has 1 N–H and O–H groups in total. The van der Waals surface area contributed by atoms with Gasteiger partial charge in [0, 0.05) is 19.1 Å². The summed E-state index contributed by atoms with van der Waals surface area (Å²) in [7, 11) is 0.141. The molecule has 0 amide bonds.